The summed E-state index contributed by atoms with van der Waals surface area (Å²) in [5.41, 5.74) is -0.137. The quantitative estimate of drug-likeness (QED) is 0.707. The molecule has 1 saturated heterocycles. The van der Waals surface area contributed by atoms with E-state index in [1.54, 1.807) is 6.92 Å². The van der Waals surface area contributed by atoms with Crippen LogP contribution < -0.4 is 0 Å². The fourth-order valence-electron chi connectivity index (χ4n) is 2.90. The molecule has 0 radical (unpaired) electrons. The minimum atomic E-state index is -4.53. The van der Waals surface area contributed by atoms with E-state index in [1.165, 1.54) is 0 Å². The minimum Gasteiger partial charge on any atom is -0.328 e. The van der Waals surface area contributed by atoms with Gasteiger partial charge in [0.1, 0.15) is 12.3 Å². The Morgan fingerprint density at radius 3 is 2.56 bits per heavy atom. The summed E-state index contributed by atoms with van der Waals surface area (Å²) in [7, 11) is -3.26. The van der Waals surface area contributed by atoms with Crippen molar-refractivity contribution in [1.29, 1.82) is 0 Å². The number of alkyl halides is 3. The Balaban J connectivity index is 2.20. The summed E-state index contributed by atoms with van der Waals surface area (Å²) >= 11 is 0. The Morgan fingerprint density at radius 2 is 2.04 bits per heavy atom. The van der Waals surface area contributed by atoms with Crippen molar-refractivity contribution in [2.75, 3.05) is 24.6 Å². The van der Waals surface area contributed by atoms with E-state index < -0.39 is 40.4 Å². The lowest BCUT2D eigenvalue weighted by atomic mass is 10.1. The van der Waals surface area contributed by atoms with Crippen molar-refractivity contribution in [2.24, 2.45) is 5.10 Å². The Morgan fingerprint density at radius 1 is 1.36 bits per heavy atom. The van der Waals surface area contributed by atoms with E-state index in [9.17, 15) is 31.2 Å². The van der Waals surface area contributed by atoms with Crippen LogP contribution in [0.1, 0.15) is 32.6 Å². The fraction of sp³-hybridized carbons (Fsp3) is 0.786. The standard InChI is InChI=1S/C14H20F3N3O4S/c1-2-6-19(9-14(15,16)17)13(22)11-3-4-12(21)20(18-11)10-5-7-25(23,24)8-10/h10H,2-9H2,1H3. The highest BCUT2D eigenvalue weighted by atomic mass is 32.2. The monoisotopic (exact) mass is 383 g/mol. The number of amides is 2. The lowest BCUT2D eigenvalue weighted by molar-refractivity contribution is -0.157. The zero-order chi connectivity index (χ0) is 18.8. The third-order valence-electron chi connectivity index (χ3n) is 4.01. The lowest BCUT2D eigenvalue weighted by Gasteiger charge is -2.30. The van der Waals surface area contributed by atoms with Crippen LogP contribution in [0.15, 0.2) is 5.10 Å². The second kappa shape index (κ2) is 7.30. The maximum atomic E-state index is 12.7. The van der Waals surface area contributed by atoms with E-state index in [1.807, 2.05) is 0 Å². The van der Waals surface area contributed by atoms with Gasteiger partial charge in [-0.3, -0.25) is 9.59 Å². The number of sulfone groups is 1. The molecule has 2 aliphatic rings. The van der Waals surface area contributed by atoms with Crippen LogP contribution in [0, 0.1) is 0 Å². The smallest absolute Gasteiger partial charge is 0.328 e. The molecule has 0 bridgehead atoms. The summed E-state index contributed by atoms with van der Waals surface area (Å²) in [6.07, 6.45) is -4.10. The number of nitrogens with zero attached hydrogens (tertiary/aromatic N) is 3. The van der Waals surface area contributed by atoms with Crippen LogP contribution in [-0.2, 0) is 19.4 Å². The average molecular weight is 383 g/mol. The van der Waals surface area contributed by atoms with Gasteiger partial charge in [-0.15, -0.1) is 0 Å². The van der Waals surface area contributed by atoms with Gasteiger partial charge in [0, 0.05) is 19.4 Å². The maximum absolute atomic E-state index is 12.7. The van der Waals surface area contributed by atoms with Gasteiger partial charge >= 0.3 is 6.18 Å². The van der Waals surface area contributed by atoms with Gasteiger partial charge in [-0.2, -0.15) is 18.3 Å². The number of carbonyl (C=O) groups is 2. The third-order valence-corrected chi connectivity index (χ3v) is 5.76. The zero-order valence-electron chi connectivity index (χ0n) is 13.8. The molecule has 2 heterocycles. The number of carbonyl (C=O) groups excluding carboxylic acids is 2. The number of hydrogen-bond acceptors (Lipinski definition) is 5. The second-order valence-electron chi connectivity index (χ2n) is 6.18. The van der Waals surface area contributed by atoms with Crippen LogP contribution in [0.4, 0.5) is 13.2 Å². The molecule has 0 spiro atoms. The number of rotatable bonds is 5. The molecule has 1 unspecified atom stereocenters. The van der Waals surface area contributed by atoms with Crippen molar-refractivity contribution < 1.29 is 31.2 Å². The molecule has 25 heavy (non-hydrogen) atoms. The summed E-state index contributed by atoms with van der Waals surface area (Å²) in [5, 5.41) is 4.89. The van der Waals surface area contributed by atoms with Gasteiger partial charge in [0.15, 0.2) is 9.84 Å². The molecule has 7 nitrogen and oxygen atoms in total. The van der Waals surface area contributed by atoms with Gasteiger partial charge in [0.05, 0.1) is 17.5 Å². The Labute approximate surface area is 143 Å². The normalized spacial score (nSPS) is 23.5. The van der Waals surface area contributed by atoms with Crippen molar-refractivity contribution in [2.45, 2.75) is 44.8 Å². The van der Waals surface area contributed by atoms with Crippen LogP contribution >= 0.6 is 0 Å². The predicted octanol–water partition coefficient (Wildman–Crippen LogP) is 0.953. The minimum absolute atomic E-state index is 0.0499. The van der Waals surface area contributed by atoms with Gasteiger partial charge < -0.3 is 4.90 Å². The zero-order valence-corrected chi connectivity index (χ0v) is 14.6. The summed E-state index contributed by atoms with van der Waals surface area (Å²) in [6, 6.07) is -0.664. The molecule has 2 aliphatic heterocycles. The molecule has 142 valence electrons. The first kappa shape index (κ1) is 19.7. The first-order chi connectivity index (χ1) is 11.5. The highest BCUT2D eigenvalue weighted by Gasteiger charge is 2.39. The summed E-state index contributed by atoms with van der Waals surface area (Å²) in [4.78, 5) is 25.1. The molecule has 0 N–H and O–H groups in total. The topological polar surface area (TPSA) is 87.1 Å². The third kappa shape index (κ3) is 5.16. The van der Waals surface area contributed by atoms with Crippen LogP contribution in [0.2, 0.25) is 0 Å². The van der Waals surface area contributed by atoms with Gasteiger partial charge in [-0.1, -0.05) is 6.92 Å². The molecule has 2 rings (SSSR count). The lowest BCUT2D eigenvalue weighted by Crippen LogP contribution is -2.47. The Kier molecular flexibility index (Phi) is 5.75. The van der Waals surface area contributed by atoms with Crippen LogP contribution in [0.3, 0.4) is 0 Å². The van der Waals surface area contributed by atoms with Gasteiger partial charge in [-0.05, 0) is 12.8 Å². The molecule has 0 saturated carbocycles. The molecule has 2 amide bonds. The van der Waals surface area contributed by atoms with E-state index >= 15 is 0 Å². The summed E-state index contributed by atoms with van der Waals surface area (Å²) < 4.78 is 61.1. The summed E-state index contributed by atoms with van der Waals surface area (Å²) in [5.74, 6) is -1.60. The molecule has 1 fully saturated rings. The van der Waals surface area contributed by atoms with E-state index in [0.29, 0.717) is 11.3 Å². The first-order valence-electron chi connectivity index (χ1n) is 7.98. The predicted molar refractivity (Wildman–Crippen MR) is 83.5 cm³/mol. The molecule has 0 aromatic carbocycles. The van der Waals surface area contributed by atoms with Gasteiger partial charge in [0.2, 0.25) is 5.91 Å². The van der Waals surface area contributed by atoms with E-state index in [-0.39, 0.29) is 43.0 Å². The van der Waals surface area contributed by atoms with E-state index in [0.717, 1.165) is 5.01 Å². The highest BCUT2D eigenvalue weighted by Crippen LogP contribution is 2.23. The van der Waals surface area contributed by atoms with Crippen LogP contribution in [0.5, 0.6) is 0 Å². The molecule has 1 atom stereocenters. The first-order valence-corrected chi connectivity index (χ1v) is 9.80. The fourth-order valence-corrected chi connectivity index (χ4v) is 4.59. The van der Waals surface area contributed by atoms with E-state index in [2.05, 4.69) is 5.10 Å². The van der Waals surface area contributed by atoms with Crippen molar-refractivity contribution in [1.82, 2.24) is 9.91 Å². The van der Waals surface area contributed by atoms with Crippen molar-refractivity contribution in [3.63, 3.8) is 0 Å². The van der Waals surface area contributed by atoms with Gasteiger partial charge in [-0.25, -0.2) is 13.4 Å². The van der Waals surface area contributed by atoms with Crippen LogP contribution in [-0.4, -0.2) is 72.7 Å². The molecular formula is C14H20F3N3O4S. The molecular weight excluding hydrogens is 363 g/mol. The molecule has 0 aliphatic carbocycles. The number of halogens is 3. The van der Waals surface area contributed by atoms with E-state index in [4.69, 9.17) is 0 Å². The maximum Gasteiger partial charge on any atom is 0.406 e. The Bertz CT molecular complexity index is 675. The van der Waals surface area contributed by atoms with Crippen molar-refractivity contribution in [3.8, 4) is 0 Å². The highest BCUT2D eigenvalue weighted by molar-refractivity contribution is 7.91. The second-order valence-corrected chi connectivity index (χ2v) is 8.41. The van der Waals surface area contributed by atoms with Crippen molar-refractivity contribution in [3.05, 3.63) is 0 Å². The molecule has 0 aromatic rings. The van der Waals surface area contributed by atoms with Crippen LogP contribution in [0.25, 0.3) is 0 Å². The largest absolute Gasteiger partial charge is 0.406 e. The number of hydrogen-bond donors (Lipinski definition) is 0. The van der Waals surface area contributed by atoms with Gasteiger partial charge in [0.25, 0.3) is 5.91 Å². The Hall–Kier alpha value is -1.65. The average Bonchev–Trinajstić information content (AvgIpc) is 2.85. The molecule has 11 heteroatoms. The summed E-state index contributed by atoms with van der Waals surface area (Å²) in [6.45, 7) is 0.187. The SMILES string of the molecule is CCCN(CC(F)(F)F)C(=O)C1=NN(C2CCS(=O)(=O)C2)C(=O)CC1. The van der Waals surface area contributed by atoms with Crippen molar-refractivity contribution >= 4 is 27.4 Å². The molecule has 0 aromatic heterocycles. The number of hydrazone groups is 1.